The van der Waals surface area contributed by atoms with Gasteiger partial charge >= 0.3 is 0 Å². The number of nitrogens with one attached hydrogen (secondary N) is 3. The van der Waals surface area contributed by atoms with E-state index in [1.807, 2.05) is 37.3 Å². The first kappa shape index (κ1) is 15.4. The number of hydrogen-bond acceptors (Lipinski definition) is 5. The molecular weight excluding hydrogens is 308 g/mol. The molecule has 1 aliphatic rings. The van der Waals surface area contributed by atoms with E-state index >= 15 is 0 Å². The minimum absolute atomic E-state index is 0.176. The first-order chi connectivity index (χ1) is 9.79. The molecule has 0 fully saturated rings. The Kier molecular flexibility index (Phi) is 6.38. The standard InChI is InChI=1S/C13H16N4S3/c1-2-3-8-15-17-12(18)16-13-19-9-11(20-13)10-6-4-5-7-14-10/h2-7,9,13,15H,8H2,1H3,(H2,16,17,18). The Bertz CT molecular complexity index is 502. The van der Waals surface area contributed by atoms with E-state index in [4.69, 9.17) is 12.2 Å². The Hall–Kier alpha value is -1.02. The van der Waals surface area contributed by atoms with Crippen molar-refractivity contribution in [3.05, 3.63) is 47.6 Å². The number of thiocarbonyl (C=S) groups is 1. The predicted molar refractivity (Wildman–Crippen MR) is 92.9 cm³/mol. The topological polar surface area (TPSA) is 49.0 Å². The first-order valence-corrected chi connectivity index (χ1v) is 8.37. The van der Waals surface area contributed by atoms with Crippen LogP contribution in [0.25, 0.3) is 4.91 Å². The van der Waals surface area contributed by atoms with Crippen molar-refractivity contribution in [1.29, 1.82) is 0 Å². The van der Waals surface area contributed by atoms with Crippen molar-refractivity contribution in [2.24, 2.45) is 0 Å². The number of hydrazine groups is 1. The summed E-state index contributed by atoms with van der Waals surface area (Å²) in [6.07, 6.45) is 5.80. The van der Waals surface area contributed by atoms with Crippen LogP contribution in [0.4, 0.5) is 0 Å². The molecule has 1 atom stereocenters. The summed E-state index contributed by atoms with van der Waals surface area (Å²) in [7, 11) is 0. The van der Waals surface area contributed by atoms with Crippen LogP contribution in [0.15, 0.2) is 42.0 Å². The van der Waals surface area contributed by atoms with Gasteiger partial charge in [0, 0.05) is 17.6 Å². The highest BCUT2D eigenvalue weighted by atomic mass is 32.2. The maximum absolute atomic E-state index is 5.22. The van der Waals surface area contributed by atoms with E-state index < -0.39 is 0 Å². The summed E-state index contributed by atoms with van der Waals surface area (Å²) in [5.41, 5.74) is 6.97. The van der Waals surface area contributed by atoms with E-state index in [2.05, 4.69) is 26.6 Å². The van der Waals surface area contributed by atoms with Gasteiger partial charge in [-0.2, -0.15) is 0 Å². The first-order valence-electron chi connectivity index (χ1n) is 6.14. The van der Waals surface area contributed by atoms with E-state index in [-0.39, 0.29) is 4.71 Å². The molecule has 106 valence electrons. The Morgan fingerprint density at radius 2 is 2.40 bits per heavy atom. The molecule has 1 aromatic heterocycles. The second-order valence-electron chi connectivity index (χ2n) is 3.83. The lowest BCUT2D eigenvalue weighted by Gasteiger charge is -2.15. The van der Waals surface area contributed by atoms with Crippen molar-refractivity contribution in [3.8, 4) is 0 Å². The molecule has 2 heterocycles. The van der Waals surface area contributed by atoms with Gasteiger partial charge in [-0.05, 0) is 36.7 Å². The maximum Gasteiger partial charge on any atom is 0.182 e. The molecule has 7 heteroatoms. The van der Waals surface area contributed by atoms with Crippen LogP contribution in [0.1, 0.15) is 12.6 Å². The number of aromatic nitrogens is 1. The second kappa shape index (κ2) is 8.31. The van der Waals surface area contributed by atoms with Crippen LogP contribution in [-0.2, 0) is 0 Å². The summed E-state index contributed by atoms with van der Waals surface area (Å²) in [6, 6.07) is 5.92. The van der Waals surface area contributed by atoms with Crippen LogP contribution >= 0.6 is 35.7 Å². The van der Waals surface area contributed by atoms with Crippen LogP contribution in [0, 0.1) is 0 Å². The minimum Gasteiger partial charge on any atom is -0.340 e. The van der Waals surface area contributed by atoms with Crippen LogP contribution < -0.4 is 16.2 Å². The molecule has 1 unspecified atom stereocenters. The molecule has 20 heavy (non-hydrogen) atoms. The SMILES string of the molecule is CC=CCNNC(=S)NC1SC=C(c2ccccn2)S1. The van der Waals surface area contributed by atoms with Crippen molar-refractivity contribution in [2.75, 3.05) is 6.54 Å². The van der Waals surface area contributed by atoms with Gasteiger partial charge < -0.3 is 5.32 Å². The summed E-state index contributed by atoms with van der Waals surface area (Å²) < 4.78 is 0.176. The lowest BCUT2D eigenvalue weighted by atomic mass is 10.3. The molecule has 0 saturated carbocycles. The molecule has 0 aliphatic carbocycles. The fourth-order valence-corrected chi connectivity index (χ4v) is 4.07. The van der Waals surface area contributed by atoms with Crippen molar-refractivity contribution >= 4 is 45.8 Å². The average Bonchev–Trinajstić information content (AvgIpc) is 2.93. The normalized spacial score (nSPS) is 18.1. The fourth-order valence-electron chi connectivity index (χ4n) is 1.44. The van der Waals surface area contributed by atoms with Gasteiger partial charge in [0.15, 0.2) is 5.11 Å². The maximum atomic E-state index is 5.22. The van der Waals surface area contributed by atoms with Gasteiger partial charge in [0.2, 0.25) is 0 Å². The lowest BCUT2D eigenvalue weighted by Crippen LogP contribution is -2.45. The third kappa shape index (κ3) is 4.82. The third-order valence-corrected chi connectivity index (χ3v) is 5.00. The zero-order valence-electron chi connectivity index (χ0n) is 11.0. The lowest BCUT2D eigenvalue weighted by molar-refractivity contribution is 0.703. The molecule has 0 bridgehead atoms. The molecule has 0 aromatic carbocycles. The number of rotatable bonds is 5. The van der Waals surface area contributed by atoms with Crippen LogP contribution in [-0.4, -0.2) is 21.3 Å². The number of allylic oxidation sites excluding steroid dienone is 1. The zero-order chi connectivity index (χ0) is 14.2. The molecule has 0 radical (unpaired) electrons. The molecule has 0 spiro atoms. The molecule has 1 aliphatic heterocycles. The second-order valence-corrected chi connectivity index (χ2v) is 6.66. The summed E-state index contributed by atoms with van der Waals surface area (Å²) >= 11 is 8.64. The molecule has 0 saturated heterocycles. The molecule has 0 amide bonds. The van der Waals surface area contributed by atoms with E-state index in [1.165, 1.54) is 0 Å². The van der Waals surface area contributed by atoms with E-state index in [1.54, 1.807) is 29.7 Å². The molecule has 4 nitrogen and oxygen atoms in total. The van der Waals surface area contributed by atoms with Gasteiger partial charge in [-0.3, -0.25) is 10.4 Å². The largest absolute Gasteiger partial charge is 0.340 e. The summed E-state index contributed by atoms with van der Waals surface area (Å²) in [5.74, 6) is 0. The van der Waals surface area contributed by atoms with Crippen molar-refractivity contribution in [3.63, 3.8) is 0 Å². The predicted octanol–water partition coefficient (Wildman–Crippen LogP) is 2.69. The zero-order valence-corrected chi connectivity index (χ0v) is 13.4. The smallest absolute Gasteiger partial charge is 0.182 e. The van der Waals surface area contributed by atoms with Crippen molar-refractivity contribution < 1.29 is 0 Å². The number of hydrogen-bond donors (Lipinski definition) is 3. The van der Waals surface area contributed by atoms with Gasteiger partial charge in [0.25, 0.3) is 0 Å². The van der Waals surface area contributed by atoms with Gasteiger partial charge in [-0.1, -0.05) is 41.7 Å². The number of nitrogens with zero attached hydrogens (tertiary/aromatic N) is 1. The van der Waals surface area contributed by atoms with Gasteiger partial charge in [-0.15, -0.1) is 0 Å². The summed E-state index contributed by atoms with van der Waals surface area (Å²) in [6.45, 7) is 2.72. The highest BCUT2D eigenvalue weighted by Crippen LogP contribution is 2.43. The molecule has 3 N–H and O–H groups in total. The Balaban J connectivity index is 1.74. The van der Waals surface area contributed by atoms with E-state index in [9.17, 15) is 0 Å². The van der Waals surface area contributed by atoms with Gasteiger partial charge in [0.05, 0.1) is 5.69 Å². The van der Waals surface area contributed by atoms with Gasteiger partial charge in [-0.25, -0.2) is 5.43 Å². The fraction of sp³-hybridized carbons (Fsp3) is 0.231. The number of thioether (sulfide) groups is 2. The molecule has 2 rings (SSSR count). The quantitative estimate of drug-likeness (QED) is 0.333. The minimum atomic E-state index is 0.176. The average molecular weight is 325 g/mol. The number of pyridine rings is 1. The Labute approximate surface area is 132 Å². The molecule has 1 aromatic rings. The van der Waals surface area contributed by atoms with Crippen LogP contribution in [0.2, 0.25) is 0 Å². The summed E-state index contributed by atoms with van der Waals surface area (Å²) in [5, 5.41) is 5.94. The van der Waals surface area contributed by atoms with Gasteiger partial charge in [0.1, 0.15) is 4.71 Å². The van der Waals surface area contributed by atoms with E-state index in [0.29, 0.717) is 5.11 Å². The highest BCUT2D eigenvalue weighted by Gasteiger charge is 2.20. The third-order valence-electron chi connectivity index (χ3n) is 2.36. The summed E-state index contributed by atoms with van der Waals surface area (Å²) in [4.78, 5) is 5.51. The Morgan fingerprint density at radius 1 is 1.50 bits per heavy atom. The Morgan fingerprint density at radius 3 is 3.15 bits per heavy atom. The van der Waals surface area contributed by atoms with E-state index in [0.717, 1.165) is 17.1 Å². The van der Waals surface area contributed by atoms with Crippen LogP contribution in [0.5, 0.6) is 0 Å². The molecular formula is C13H16N4S3. The highest BCUT2D eigenvalue weighted by molar-refractivity contribution is 8.26. The monoisotopic (exact) mass is 324 g/mol. The van der Waals surface area contributed by atoms with Crippen LogP contribution in [0.3, 0.4) is 0 Å². The van der Waals surface area contributed by atoms with Crippen molar-refractivity contribution in [2.45, 2.75) is 11.6 Å². The van der Waals surface area contributed by atoms with Crippen molar-refractivity contribution in [1.82, 2.24) is 21.2 Å².